The first-order chi connectivity index (χ1) is 8.82. The molecular weight excluding hydrogens is 146 g/mol. The highest BCUT2D eigenvalue weighted by molar-refractivity contribution is 5.58. The molecule has 1 aromatic carbocycles. The third kappa shape index (κ3) is 1.35. The summed E-state index contributed by atoms with van der Waals surface area (Å²) in [7, 11) is 0. The van der Waals surface area contributed by atoms with Crippen LogP contribution in [0.3, 0.4) is 0 Å². The van der Waals surface area contributed by atoms with Gasteiger partial charge in [0.25, 0.3) is 0 Å². The summed E-state index contributed by atoms with van der Waals surface area (Å²) < 4.78 is 52.7. The molecule has 0 unspecified atom stereocenters. The minimum absolute atomic E-state index is 0.0204. The summed E-state index contributed by atoms with van der Waals surface area (Å²) in [6, 6.07) is 0.772. The van der Waals surface area contributed by atoms with Gasteiger partial charge < -0.3 is 0 Å². The Morgan fingerprint density at radius 3 is 2.67 bits per heavy atom. The van der Waals surface area contributed by atoms with E-state index in [2.05, 4.69) is 4.98 Å². The maximum atomic E-state index is 7.74. The van der Waals surface area contributed by atoms with Gasteiger partial charge >= 0.3 is 0 Å². The van der Waals surface area contributed by atoms with Crippen LogP contribution in [0.15, 0.2) is 54.6 Å². The predicted molar refractivity (Wildman–Crippen MR) is 49.7 cm³/mol. The average Bonchev–Trinajstić information content (AvgIpc) is 2.37. The third-order valence-electron chi connectivity index (χ3n) is 1.34. The van der Waals surface area contributed by atoms with E-state index in [1.165, 1.54) is 12.1 Å². The number of aromatic nitrogens is 1. The molecule has 1 heteroatoms. The van der Waals surface area contributed by atoms with Gasteiger partial charge in [0.15, 0.2) is 0 Å². The van der Waals surface area contributed by atoms with E-state index in [9.17, 15) is 0 Å². The van der Waals surface area contributed by atoms with Crippen LogP contribution in [0.25, 0.3) is 11.3 Å². The zero-order chi connectivity index (χ0) is 14.3. The molecule has 0 aliphatic rings. The van der Waals surface area contributed by atoms with Crippen LogP contribution in [0.2, 0.25) is 0 Å². The lowest BCUT2D eigenvalue weighted by Crippen LogP contribution is -1.79. The minimum atomic E-state index is -0.428. The summed E-state index contributed by atoms with van der Waals surface area (Å²) in [4.78, 5) is 3.76. The second kappa shape index (κ2) is 3.18. The second-order valence-electron chi connectivity index (χ2n) is 2.10. The highest BCUT2D eigenvalue weighted by Crippen LogP contribution is 2.14. The van der Waals surface area contributed by atoms with Crippen molar-refractivity contribution < 1.29 is 9.60 Å². The van der Waals surface area contributed by atoms with Gasteiger partial charge in [-0.25, -0.2) is 0 Å². The van der Waals surface area contributed by atoms with Gasteiger partial charge in [-0.2, -0.15) is 0 Å². The van der Waals surface area contributed by atoms with Crippen molar-refractivity contribution in [2.45, 2.75) is 0 Å². The molecule has 2 rings (SSSR count). The Morgan fingerprint density at radius 2 is 1.83 bits per heavy atom. The molecule has 0 aliphatic heterocycles. The van der Waals surface area contributed by atoms with E-state index < -0.39 is 18.3 Å². The average molecular weight is 162 g/mol. The molecule has 12 heavy (non-hydrogen) atoms. The maximum absolute atomic E-state index is 7.74. The van der Waals surface area contributed by atoms with E-state index in [-0.39, 0.29) is 35.4 Å². The summed E-state index contributed by atoms with van der Waals surface area (Å²) in [5, 5.41) is 0. The first kappa shape index (κ1) is 2.70. The first-order valence-electron chi connectivity index (χ1n) is 6.85. The van der Waals surface area contributed by atoms with E-state index in [1.807, 2.05) is 0 Å². The van der Waals surface area contributed by atoms with Crippen molar-refractivity contribution >= 4 is 0 Å². The van der Waals surface area contributed by atoms with E-state index in [0.717, 1.165) is 0 Å². The zero-order valence-corrected chi connectivity index (χ0v) is 6.10. The fraction of sp³-hybridized carbons (Fsp3) is 0. The molecule has 0 spiro atoms. The molecule has 2 aromatic rings. The van der Waals surface area contributed by atoms with Gasteiger partial charge in [0.1, 0.15) is 0 Å². The number of benzene rings is 1. The standard InChI is InChI=1S/C11H9N/c1-2-6-10(7-3-1)11-8-4-5-9-12-11/h1-9H/i1D,2D,3D,4D,5D,8D,9D. The van der Waals surface area contributed by atoms with Gasteiger partial charge in [0.05, 0.1) is 15.3 Å². The van der Waals surface area contributed by atoms with Crippen LogP contribution in [0.1, 0.15) is 9.60 Å². The highest BCUT2D eigenvalue weighted by atomic mass is 14.7. The lowest BCUT2D eigenvalue weighted by molar-refractivity contribution is 1.33. The van der Waals surface area contributed by atoms with E-state index in [1.54, 1.807) is 0 Å². The van der Waals surface area contributed by atoms with Crippen LogP contribution in [0.5, 0.6) is 0 Å². The fourth-order valence-corrected chi connectivity index (χ4v) is 0.815. The lowest BCUT2D eigenvalue weighted by atomic mass is 10.1. The summed E-state index contributed by atoms with van der Waals surface area (Å²) in [5.74, 6) is 0. The molecule has 0 N–H and O–H groups in total. The Kier molecular flexibility index (Phi) is 0.715. The van der Waals surface area contributed by atoms with E-state index >= 15 is 0 Å². The van der Waals surface area contributed by atoms with E-state index in [4.69, 9.17) is 9.60 Å². The zero-order valence-electron chi connectivity index (χ0n) is 13.1. The quantitative estimate of drug-likeness (QED) is 0.628. The van der Waals surface area contributed by atoms with Gasteiger partial charge in [-0.3, -0.25) is 4.98 Å². The molecule has 58 valence electrons. The van der Waals surface area contributed by atoms with Gasteiger partial charge in [0.2, 0.25) is 0 Å². The summed E-state index contributed by atoms with van der Waals surface area (Å²) in [5.41, 5.74) is 0.214. The Hall–Kier alpha value is -1.63. The largest absolute Gasteiger partial charge is 0.256 e. The number of nitrogens with zero attached hydrogens (tertiary/aromatic N) is 1. The van der Waals surface area contributed by atoms with Crippen molar-refractivity contribution in [1.82, 2.24) is 4.98 Å². The van der Waals surface area contributed by atoms with Crippen molar-refractivity contribution in [1.29, 1.82) is 0 Å². The van der Waals surface area contributed by atoms with Gasteiger partial charge in [-0.15, -0.1) is 0 Å². The predicted octanol–water partition coefficient (Wildman–Crippen LogP) is 2.75. The van der Waals surface area contributed by atoms with Crippen LogP contribution >= 0.6 is 0 Å². The Morgan fingerprint density at radius 1 is 1.00 bits per heavy atom. The van der Waals surface area contributed by atoms with Crippen LogP contribution in [0, 0.1) is 0 Å². The highest BCUT2D eigenvalue weighted by Gasteiger charge is 1.93. The number of hydrogen-bond acceptors (Lipinski definition) is 1. The molecule has 0 aliphatic carbocycles. The van der Waals surface area contributed by atoms with Crippen LogP contribution in [-0.4, -0.2) is 4.98 Å². The van der Waals surface area contributed by atoms with Gasteiger partial charge in [-0.05, 0) is 12.1 Å². The minimum Gasteiger partial charge on any atom is -0.256 e. The Labute approximate surface area is 81.5 Å². The van der Waals surface area contributed by atoms with Crippen LogP contribution in [-0.2, 0) is 0 Å². The molecule has 1 nitrogen and oxygen atoms in total. The second-order valence-corrected chi connectivity index (χ2v) is 2.10. The molecule has 0 fully saturated rings. The van der Waals surface area contributed by atoms with Crippen molar-refractivity contribution in [2.75, 3.05) is 0 Å². The number of pyridine rings is 1. The first-order valence-corrected chi connectivity index (χ1v) is 3.35. The summed E-state index contributed by atoms with van der Waals surface area (Å²) >= 11 is 0. The molecule has 0 radical (unpaired) electrons. The lowest BCUT2D eigenvalue weighted by Gasteiger charge is -1.97. The Balaban J connectivity index is 2.73. The normalized spacial score (nSPS) is 17.8. The van der Waals surface area contributed by atoms with Crippen LogP contribution in [0.4, 0.5) is 0 Å². The van der Waals surface area contributed by atoms with Gasteiger partial charge in [0, 0.05) is 11.7 Å². The smallest absolute Gasteiger partial charge is 0.0840 e. The SMILES string of the molecule is [2H]c1cc(-c2nc([2H])c([2H])c([2H])c2[2H])cc([2H])c1[2H]. The van der Waals surface area contributed by atoms with Crippen molar-refractivity contribution in [3.05, 3.63) is 54.6 Å². The third-order valence-corrected chi connectivity index (χ3v) is 1.34. The molecular formula is C11H9N. The van der Waals surface area contributed by atoms with Crippen molar-refractivity contribution in [3.63, 3.8) is 0 Å². The van der Waals surface area contributed by atoms with Crippen molar-refractivity contribution in [3.8, 4) is 11.3 Å². The number of rotatable bonds is 1. The molecule has 0 amide bonds. The summed E-state index contributed by atoms with van der Waals surface area (Å²) in [6.45, 7) is 0. The van der Waals surface area contributed by atoms with E-state index in [0.29, 0.717) is 0 Å². The fourth-order valence-electron chi connectivity index (χ4n) is 0.815. The Bertz CT molecular complexity index is 646. The topological polar surface area (TPSA) is 12.9 Å². The summed E-state index contributed by atoms with van der Waals surface area (Å²) in [6.07, 6.45) is -0.427. The molecule has 0 saturated heterocycles. The molecule has 1 aromatic heterocycles. The molecule has 0 saturated carbocycles. The monoisotopic (exact) mass is 162 g/mol. The van der Waals surface area contributed by atoms with Crippen LogP contribution < -0.4 is 0 Å². The molecule has 0 bridgehead atoms. The van der Waals surface area contributed by atoms with Gasteiger partial charge in [-0.1, -0.05) is 36.3 Å². The molecule has 1 heterocycles. The maximum Gasteiger partial charge on any atom is 0.0840 e. The number of hydrogen-bond donors (Lipinski definition) is 0. The molecule has 0 atom stereocenters. The van der Waals surface area contributed by atoms with Crippen molar-refractivity contribution in [2.24, 2.45) is 0 Å².